The molecule has 2 aromatic heterocycles. The molecule has 0 bridgehead atoms. The number of hydrogen-bond donors (Lipinski definition) is 2. The van der Waals surface area contributed by atoms with Gasteiger partial charge in [-0.2, -0.15) is 4.98 Å². The average Bonchev–Trinajstić information content (AvgIpc) is 3.27. The number of anilines is 4. The Kier molecular flexibility index (Phi) is 6.19. The summed E-state index contributed by atoms with van der Waals surface area (Å²) in [7, 11) is 0.312. The Morgan fingerprint density at radius 2 is 1.78 bits per heavy atom. The second-order valence-electron chi connectivity index (χ2n) is 8.89. The standard InChI is InChI=1S/C25H29N7O3S/c1-30-12-14-31(15-13-30)17-8-9-20(21(16-17)35-2)32-11-10-19-23(32)24(29-25(26)28-19)27-18-6-4-5-7-22(18)36(3,33)34/h4-11,16H,12-15H2,1-3H3,(H3,26,27,28,29). The number of fused-ring (bicyclic) bond motifs is 1. The molecule has 1 saturated heterocycles. The summed E-state index contributed by atoms with van der Waals surface area (Å²) in [6.45, 7) is 3.92. The number of ether oxygens (including phenoxy) is 1. The van der Waals surface area contributed by atoms with Gasteiger partial charge in [0.05, 0.1) is 28.9 Å². The van der Waals surface area contributed by atoms with E-state index in [1.54, 1.807) is 31.4 Å². The van der Waals surface area contributed by atoms with Crippen LogP contribution in [0.25, 0.3) is 16.7 Å². The molecule has 0 spiro atoms. The fraction of sp³-hybridized carbons (Fsp3) is 0.280. The van der Waals surface area contributed by atoms with Gasteiger partial charge < -0.3 is 30.2 Å². The zero-order valence-electron chi connectivity index (χ0n) is 20.5. The first kappa shape index (κ1) is 23.9. The van der Waals surface area contributed by atoms with Crippen LogP contribution in [0.4, 0.5) is 23.1 Å². The van der Waals surface area contributed by atoms with Gasteiger partial charge in [0, 0.05) is 50.4 Å². The number of benzene rings is 2. The molecule has 5 rings (SSSR count). The maximum Gasteiger partial charge on any atom is 0.222 e. The molecule has 1 aliphatic heterocycles. The SMILES string of the molecule is COc1cc(N2CCN(C)CC2)ccc1-n1ccc2nc(N)nc(Nc3ccccc3S(C)(=O)=O)c21. The van der Waals surface area contributed by atoms with Crippen molar-refractivity contribution in [1.82, 2.24) is 19.4 Å². The minimum Gasteiger partial charge on any atom is -0.494 e. The van der Waals surface area contributed by atoms with Gasteiger partial charge in [0.1, 0.15) is 11.3 Å². The van der Waals surface area contributed by atoms with Crippen molar-refractivity contribution in [2.45, 2.75) is 4.90 Å². The molecule has 0 saturated carbocycles. The zero-order valence-corrected chi connectivity index (χ0v) is 21.3. The predicted octanol–water partition coefficient (Wildman–Crippen LogP) is 2.91. The van der Waals surface area contributed by atoms with Crippen LogP contribution in [0.15, 0.2) is 59.6 Å². The first-order valence-corrected chi connectivity index (χ1v) is 13.5. The molecule has 0 aliphatic carbocycles. The molecule has 11 heteroatoms. The largest absolute Gasteiger partial charge is 0.494 e. The van der Waals surface area contributed by atoms with Crippen LogP contribution >= 0.6 is 0 Å². The van der Waals surface area contributed by atoms with Crippen LogP contribution in [0.1, 0.15) is 0 Å². The Balaban J connectivity index is 1.60. The van der Waals surface area contributed by atoms with Gasteiger partial charge in [-0.15, -0.1) is 0 Å². The van der Waals surface area contributed by atoms with Gasteiger partial charge in [-0.3, -0.25) is 0 Å². The summed E-state index contributed by atoms with van der Waals surface area (Å²) in [4.78, 5) is 13.6. The van der Waals surface area contributed by atoms with E-state index in [-0.39, 0.29) is 10.8 Å². The third-order valence-corrected chi connectivity index (χ3v) is 7.54. The minimum absolute atomic E-state index is 0.0805. The molecule has 3 heterocycles. The number of para-hydroxylation sites is 1. The van der Waals surface area contributed by atoms with E-state index in [9.17, 15) is 8.42 Å². The van der Waals surface area contributed by atoms with Gasteiger partial charge in [0.15, 0.2) is 15.7 Å². The lowest BCUT2D eigenvalue weighted by Gasteiger charge is -2.34. The first-order valence-electron chi connectivity index (χ1n) is 11.6. The van der Waals surface area contributed by atoms with E-state index in [2.05, 4.69) is 38.2 Å². The van der Waals surface area contributed by atoms with Gasteiger partial charge in [-0.25, -0.2) is 13.4 Å². The summed E-state index contributed by atoms with van der Waals surface area (Å²) in [5.41, 5.74) is 9.57. The van der Waals surface area contributed by atoms with Crippen LogP contribution in [-0.2, 0) is 9.84 Å². The van der Waals surface area contributed by atoms with E-state index in [0.29, 0.717) is 28.3 Å². The van der Waals surface area contributed by atoms with Crippen LogP contribution in [0.3, 0.4) is 0 Å². The van der Waals surface area contributed by atoms with Crippen LogP contribution in [-0.4, -0.2) is 74.4 Å². The van der Waals surface area contributed by atoms with Crippen molar-refractivity contribution in [3.8, 4) is 11.4 Å². The highest BCUT2D eigenvalue weighted by Gasteiger charge is 2.20. The zero-order chi connectivity index (χ0) is 25.4. The molecule has 4 aromatic rings. The van der Waals surface area contributed by atoms with Crippen LogP contribution in [0, 0.1) is 0 Å². The number of likely N-dealkylation sites (N-methyl/N-ethyl adjacent to an activating group) is 1. The third kappa shape index (κ3) is 4.54. The quantitative estimate of drug-likeness (QED) is 0.406. The number of methoxy groups -OCH3 is 1. The monoisotopic (exact) mass is 507 g/mol. The second kappa shape index (κ2) is 9.32. The summed E-state index contributed by atoms with van der Waals surface area (Å²) in [5.74, 6) is 1.17. The molecule has 36 heavy (non-hydrogen) atoms. The van der Waals surface area contributed by atoms with Crippen molar-refractivity contribution >= 4 is 44.0 Å². The predicted molar refractivity (Wildman–Crippen MR) is 142 cm³/mol. The van der Waals surface area contributed by atoms with Crippen molar-refractivity contribution in [2.75, 3.05) is 62.5 Å². The Morgan fingerprint density at radius 3 is 2.50 bits per heavy atom. The Bertz CT molecular complexity index is 1530. The first-order chi connectivity index (χ1) is 17.2. The number of nitrogens with zero attached hydrogens (tertiary/aromatic N) is 5. The van der Waals surface area contributed by atoms with Gasteiger partial charge in [0.2, 0.25) is 5.95 Å². The van der Waals surface area contributed by atoms with E-state index < -0.39 is 9.84 Å². The smallest absolute Gasteiger partial charge is 0.222 e. The van der Waals surface area contributed by atoms with Crippen LogP contribution in [0.5, 0.6) is 5.75 Å². The van der Waals surface area contributed by atoms with Crippen molar-refractivity contribution in [2.24, 2.45) is 0 Å². The van der Waals surface area contributed by atoms with Crippen LogP contribution in [0.2, 0.25) is 0 Å². The lowest BCUT2D eigenvalue weighted by molar-refractivity contribution is 0.312. The second-order valence-corrected chi connectivity index (χ2v) is 10.9. The third-order valence-electron chi connectivity index (χ3n) is 6.38. The maximum atomic E-state index is 12.4. The number of nitrogens with two attached hydrogens (primary N) is 1. The van der Waals surface area contributed by atoms with Gasteiger partial charge in [-0.1, -0.05) is 12.1 Å². The van der Waals surface area contributed by atoms with Gasteiger partial charge in [-0.05, 0) is 37.4 Å². The minimum atomic E-state index is -3.47. The molecule has 10 nitrogen and oxygen atoms in total. The Hall–Kier alpha value is -3.83. The molecular weight excluding hydrogens is 478 g/mol. The van der Waals surface area contributed by atoms with Crippen molar-refractivity contribution in [1.29, 1.82) is 0 Å². The Labute approximate surface area is 210 Å². The number of nitrogens with one attached hydrogen (secondary N) is 1. The van der Waals surface area contributed by atoms with Gasteiger partial charge in [0.25, 0.3) is 0 Å². The molecule has 0 amide bonds. The number of rotatable bonds is 6. The molecule has 0 radical (unpaired) electrons. The Morgan fingerprint density at radius 1 is 1.03 bits per heavy atom. The number of sulfone groups is 1. The van der Waals surface area contributed by atoms with E-state index in [1.807, 2.05) is 29.0 Å². The van der Waals surface area contributed by atoms with Crippen LogP contribution < -0.4 is 20.7 Å². The van der Waals surface area contributed by atoms with E-state index >= 15 is 0 Å². The lowest BCUT2D eigenvalue weighted by Crippen LogP contribution is -2.44. The number of hydrogen-bond acceptors (Lipinski definition) is 9. The van der Waals surface area contributed by atoms with Crippen molar-refractivity contribution < 1.29 is 13.2 Å². The highest BCUT2D eigenvalue weighted by Crippen LogP contribution is 2.35. The molecule has 1 fully saturated rings. The molecule has 0 unspecified atom stereocenters. The fourth-order valence-corrected chi connectivity index (χ4v) is 5.34. The number of nitrogen functional groups attached to an aromatic ring is 1. The van der Waals surface area contributed by atoms with E-state index in [0.717, 1.165) is 37.6 Å². The van der Waals surface area contributed by atoms with Gasteiger partial charge >= 0.3 is 0 Å². The summed E-state index contributed by atoms with van der Waals surface area (Å²) in [6.07, 6.45) is 3.05. The lowest BCUT2D eigenvalue weighted by atomic mass is 10.2. The van der Waals surface area contributed by atoms with Crippen molar-refractivity contribution in [3.05, 3.63) is 54.7 Å². The summed E-state index contributed by atoms with van der Waals surface area (Å²) < 4.78 is 32.4. The summed E-state index contributed by atoms with van der Waals surface area (Å²) >= 11 is 0. The molecular formula is C25H29N7O3S. The average molecular weight is 508 g/mol. The fourth-order valence-electron chi connectivity index (χ4n) is 4.50. The van der Waals surface area contributed by atoms with E-state index in [4.69, 9.17) is 10.5 Å². The topological polar surface area (TPSA) is 119 Å². The molecule has 2 aromatic carbocycles. The highest BCUT2D eigenvalue weighted by molar-refractivity contribution is 7.90. The van der Waals surface area contributed by atoms with Crippen molar-refractivity contribution in [3.63, 3.8) is 0 Å². The van der Waals surface area contributed by atoms with E-state index in [1.165, 1.54) is 6.26 Å². The number of aromatic nitrogens is 3. The highest BCUT2D eigenvalue weighted by atomic mass is 32.2. The summed E-state index contributed by atoms with van der Waals surface area (Å²) in [5, 5.41) is 3.18. The molecule has 0 atom stereocenters. The molecule has 188 valence electrons. The number of piperazine rings is 1. The summed E-state index contributed by atoms with van der Waals surface area (Å²) in [6, 6.07) is 14.7. The molecule has 3 N–H and O–H groups in total. The normalized spacial score (nSPS) is 14.8. The maximum absolute atomic E-state index is 12.4. The molecule has 1 aliphatic rings.